The van der Waals surface area contributed by atoms with Crippen molar-refractivity contribution in [1.29, 1.82) is 0 Å². The van der Waals surface area contributed by atoms with Crippen molar-refractivity contribution in [3.8, 4) is 5.75 Å². The largest absolute Gasteiger partial charge is 0.508 e. The normalized spacial score (nSPS) is 14.4. The number of phenols is 1. The Morgan fingerprint density at radius 2 is 2.19 bits per heavy atom. The molecule has 1 rings (SSSR count). The number of hydrogen-bond acceptors (Lipinski definition) is 3. The van der Waals surface area contributed by atoms with E-state index in [0.717, 1.165) is 5.56 Å². The maximum absolute atomic E-state index is 10.8. The van der Waals surface area contributed by atoms with Crippen molar-refractivity contribution in [2.45, 2.75) is 19.3 Å². The van der Waals surface area contributed by atoms with Crippen molar-refractivity contribution in [3.05, 3.63) is 29.8 Å². The maximum Gasteiger partial charge on any atom is 0.307 e. The van der Waals surface area contributed by atoms with Gasteiger partial charge < -0.3 is 15.9 Å². The molecule has 0 fully saturated rings. The number of aliphatic carboxylic acids is 1. The standard InChI is InChI=1S/C12H17NO3/c1-8(5-10(7-13)12(15)16)9-3-2-4-11(14)6-9/h2-4,6,8,10,14H,5,7,13H2,1H3,(H,15,16). The summed E-state index contributed by atoms with van der Waals surface area (Å²) in [5.41, 5.74) is 6.33. The van der Waals surface area contributed by atoms with Crippen LogP contribution in [-0.2, 0) is 4.79 Å². The summed E-state index contributed by atoms with van der Waals surface area (Å²) in [7, 11) is 0. The van der Waals surface area contributed by atoms with Crippen LogP contribution in [0.2, 0.25) is 0 Å². The number of aromatic hydroxyl groups is 1. The van der Waals surface area contributed by atoms with Gasteiger partial charge in [-0.2, -0.15) is 0 Å². The van der Waals surface area contributed by atoms with E-state index in [4.69, 9.17) is 10.8 Å². The van der Waals surface area contributed by atoms with E-state index in [9.17, 15) is 9.90 Å². The van der Waals surface area contributed by atoms with Gasteiger partial charge in [-0.05, 0) is 30.0 Å². The molecule has 0 saturated carbocycles. The quantitative estimate of drug-likeness (QED) is 0.707. The zero-order valence-corrected chi connectivity index (χ0v) is 9.26. The van der Waals surface area contributed by atoms with Crippen LogP contribution in [0, 0.1) is 5.92 Å². The summed E-state index contributed by atoms with van der Waals surface area (Å²) in [6.45, 7) is 2.07. The zero-order valence-electron chi connectivity index (χ0n) is 9.26. The summed E-state index contributed by atoms with van der Waals surface area (Å²) in [5.74, 6) is -1.13. The van der Waals surface area contributed by atoms with Gasteiger partial charge in [0.1, 0.15) is 5.75 Å². The molecule has 0 spiro atoms. The van der Waals surface area contributed by atoms with Crippen molar-refractivity contribution in [2.24, 2.45) is 11.7 Å². The van der Waals surface area contributed by atoms with Gasteiger partial charge in [-0.15, -0.1) is 0 Å². The predicted molar refractivity (Wildman–Crippen MR) is 61.3 cm³/mol. The molecule has 0 aliphatic carbocycles. The van der Waals surface area contributed by atoms with E-state index >= 15 is 0 Å². The number of carboxylic acids is 1. The van der Waals surface area contributed by atoms with Crippen molar-refractivity contribution in [2.75, 3.05) is 6.54 Å². The van der Waals surface area contributed by atoms with Crippen LogP contribution in [0.1, 0.15) is 24.8 Å². The molecule has 2 unspecified atom stereocenters. The highest BCUT2D eigenvalue weighted by atomic mass is 16.4. The highest BCUT2D eigenvalue weighted by molar-refractivity contribution is 5.70. The van der Waals surface area contributed by atoms with Crippen molar-refractivity contribution in [3.63, 3.8) is 0 Å². The molecule has 1 aromatic carbocycles. The van der Waals surface area contributed by atoms with E-state index in [1.54, 1.807) is 18.2 Å². The summed E-state index contributed by atoms with van der Waals surface area (Å²) >= 11 is 0. The van der Waals surface area contributed by atoms with Crippen LogP contribution in [-0.4, -0.2) is 22.7 Å². The van der Waals surface area contributed by atoms with E-state index in [1.807, 2.05) is 13.0 Å². The molecule has 0 radical (unpaired) electrons. The molecule has 1 aromatic rings. The molecule has 4 N–H and O–H groups in total. The lowest BCUT2D eigenvalue weighted by Gasteiger charge is -2.16. The third-order valence-electron chi connectivity index (χ3n) is 2.71. The average Bonchev–Trinajstić information content (AvgIpc) is 2.25. The van der Waals surface area contributed by atoms with Crippen LogP contribution in [0.3, 0.4) is 0 Å². The molecule has 0 aromatic heterocycles. The molecule has 2 atom stereocenters. The first-order valence-corrected chi connectivity index (χ1v) is 5.26. The molecule has 88 valence electrons. The molecule has 16 heavy (non-hydrogen) atoms. The number of benzene rings is 1. The van der Waals surface area contributed by atoms with Gasteiger partial charge in [0.2, 0.25) is 0 Å². The molecule has 0 aliphatic rings. The first-order chi connectivity index (χ1) is 7.54. The van der Waals surface area contributed by atoms with Crippen molar-refractivity contribution < 1.29 is 15.0 Å². The van der Waals surface area contributed by atoms with E-state index in [0.29, 0.717) is 6.42 Å². The first kappa shape index (κ1) is 12.5. The third kappa shape index (κ3) is 3.24. The fraction of sp³-hybridized carbons (Fsp3) is 0.417. The van der Waals surface area contributed by atoms with Gasteiger partial charge in [-0.1, -0.05) is 19.1 Å². The minimum absolute atomic E-state index is 0.0664. The van der Waals surface area contributed by atoms with Crippen LogP contribution in [0.25, 0.3) is 0 Å². The third-order valence-corrected chi connectivity index (χ3v) is 2.71. The molecule has 4 heteroatoms. The Balaban J connectivity index is 2.71. The van der Waals surface area contributed by atoms with Gasteiger partial charge in [0.05, 0.1) is 5.92 Å². The second-order valence-electron chi connectivity index (χ2n) is 4.00. The Bertz CT molecular complexity index is 365. The van der Waals surface area contributed by atoms with Gasteiger partial charge in [-0.25, -0.2) is 0 Å². The van der Waals surface area contributed by atoms with E-state index in [2.05, 4.69) is 0 Å². The Kier molecular flexibility index (Phi) is 4.31. The second kappa shape index (κ2) is 5.51. The van der Waals surface area contributed by atoms with Gasteiger partial charge in [0.25, 0.3) is 0 Å². The molecule has 0 saturated heterocycles. The summed E-state index contributed by atoms with van der Waals surface area (Å²) < 4.78 is 0. The Morgan fingerprint density at radius 1 is 1.50 bits per heavy atom. The Hall–Kier alpha value is -1.55. The topological polar surface area (TPSA) is 83.6 Å². The summed E-state index contributed by atoms with van der Waals surface area (Å²) in [6, 6.07) is 6.87. The van der Waals surface area contributed by atoms with Crippen molar-refractivity contribution in [1.82, 2.24) is 0 Å². The monoisotopic (exact) mass is 223 g/mol. The fourth-order valence-electron chi connectivity index (χ4n) is 1.69. The van der Waals surface area contributed by atoms with E-state index in [1.165, 1.54) is 0 Å². The lowest BCUT2D eigenvalue weighted by atomic mass is 9.90. The summed E-state index contributed by atoms with van der Waals surface area (Å²) in [4.78, 5) is 10.8. The molecule has 0 aliphatic heterocycles. The number of rotatable bonds is 5. The van der Waals surface area contributed by atoms with Crippen molar-refractivity contribution >= 4 is 5.97 Å². The lowest BCUT2D eigenvalue weighted by Crippen LogP contribution is -2.24. The minimum Gasteiger partial charge on any atom is -0.508 e. The maximum atomic E-state index is 10.8. The molecular formula is C12H17NO3. The number of phenolic OH excluding ortho intramolecular Hbond substituents is 1. The summed E-state index contributed by atoms with van der Waals surface area (Å²) in [5, 5.41) is 18.2. The minimum atomic E-state index is -0.866. The number of nitrogens with two attached hydrogens (primary N) is 1. The highest BCUT2D eigenvalue weighted by Crippen LogP contribution is 2.25. The van der Waals surface area contributed by atoms with E-state index in [-0.39, 0.29) is 18.2 Å². The second-order valence-corrected chi connectivity index (χ2v) is 4.00. The van der Waals surface area contributed by atoms with Gasteiger partial charge in [0, 0.05) is 6.54 Å². The van der Waals surface area contributed by atoms with Crippen LogP contribution < -0.4 is 5.73 Å². The SMILES string of the molecule is CC(CC(CN)C(=O)O)c1cccc(O)c1. The molecule has 4 nitrogen and oxygen atoms in total. The van der Waals surface area contributed by atoms with Crippen LogP contribution in [0.5, 0.6) is 5.75 Å². The average molecular weight is 223 g/mol. The predicted octanol–water partition coefficient (Wildman–Crippen LogP) is 1.55. The molecule has 0 heterocycles. The zero-order chi connectivity index (χ0) is 12.1. The Labute approximate surface area is 94.7 Å². The molecule has 0 amide bonds. The smallest absolute Gasteiger partial charge is 0.307 e. The summed E-state index contributed by atoms with van der Waals surface area (Å²) in [6.07, 6.45) is 0.481. The van der Waals surface area contributed by atoms with Crippen LogP contribution >= 0.6 is 0 Å². The highest BCUT2D eigenvalue weighted by Gasteiger charge is 2.19. The number of carbonyl (C=O) groups is 1. The van der Waals surface area contributed by atoms with Crippen LogP contribution in [0.4, 0.5) is 0 Å². The first-order valence-electron chi connectivity index (χ1n) is 5.26. The van der Waals surface area contributed by atoms with E-state index < -0.39 is 11.9 Å². The number of carboxylic acid groups (broad SMARTS) is 1. The van der Waals surface area contributed by atoms with Gasteiger partial charge in [0.15, 0.2) is 0 Å². The molecular weight excluding hydrogens is 206 g/mol. The lowest BCUT2D eigenvalue weighted by molar-refractivity contribution is -0.141. The number of hydrogen-bond donors (Lipinski definition) is 3. The van der Waals surface area contributed by atoms with Gasteiger partial charge in [-0.3, -0.25) is 4.79 Å². The fourth-order valence-corrected chi connectivity index (χ4v) is 1.69. The molecule has 0 bridgehead atoms. The van der Waals surface area contributed by atoms with Gasteiger partial charge >= 0.3 is 5.97 Å². The Morgan fingerprint density at radius 3 is 2.69 bits per heavy atom. The van der Waals surface area contributed by atoms with Crippen LogP contribution in [0.15, 0.2) is 24.3 Å².